The number of nitrogens with one attached hydrogen (secondary N) is 1. The Labute approximate surface area is 117 Å². The summed E-state index contributed by atoms with van der Waals surface area (Å²) in [6.45, 7) is 2.96. The van der Waals surface area contributed by atoms with Crippen LogP contribution in [-0.2, 0) is 11.3 Å². The number of fused-ring (bicyclic) bond motifs is 1. The van der Waals surface area contributed by atoms with Crippen molar-refractivity contribution in [3.63, 3.8) is 0 Å². The van der Waals surface area contributed by atoms with E-state index in [4.69, 9.17) is 5.11 Å². The molecule has 0 bridgehead atoms. The molecule has 1 saturated heterocycles. The summed E-state index contributed by atoms with van der Waals surface area (Å²) < 4.78 is 0. The summed E-state index contributed by atoms with van der Waals surface area (Å²) in [6, 6.07) is 4.05. The van der Waals surface area contributed by atoms with Gasteiger partial charge in [0.05, 0.1) is 0 Å². The molecule has 20 heavy (non-hydrogen) atoms. The van der Waals surface area contributed by atoms with Crippen LogP contribution in [0.2, 0.25) is 0 Å². The Hall–Kier alpha value is -1.88. The lowest BCUT2D eigenvalue weighted by Crippen LogP contribution is -2.20. The van der Waals surface area contributed by atoms with E-state index in [1.807, 2.05) is 12.3 Å². The predicted octanol–water partition coefficient (Wildman–Crippen LogP) is 2.25. The van der Waals surface area contributed by atoms with Gasteiger partial charge in [-0.2, -0.15) is 0 Å². The third-order valence-corrected chi connectivity index (χ3v) is 4.07. The van der Waals surface area contributed by atoms with Gasteiger partial charge in [0.2, 0.25) is 0 Å². The molecule has 0 aromatic carbocycles. The molecule has 0 saturated carbocycles. The molecule has 2 aromatic heterocycles. The maximum absolute atomic E-state index is 10.6. The van der Waals surface area contributed by atoms with Crippen LogP contribution in [-0.4, -0.2) is 39.0 Å². The summed E-state index contributed by atoms with van der Waals surface area (Å²) in [5.41, 5.74) is 2.20. The fourth-order valence-electron chi connectivity index (χ4n) is 3.00. The summed E-state index contributed by atoms with van der Waals surface area (Å²) in [5, 5.41) is 9.92. The summed E-state index contributed by atoms with van der Waals surface area (Å²) >= 11 is 0. The molecule has 5 heteroatoms. The second-order valence-corrected chi connectivity index (χ2v) is 5.54. The van der Waals surface area contributed by atoms with Crippen LogP contribution in [0, 0.1) is 5.92 Å². The van der Waals surface area contributed by atoms with Crippen molar-refractivity contribution in [3.05, 3.63) is 30.1 Å². The highest BCUT2D eigenvalue weighted by Gasteiger charge is 2.23. The lowest BCUT2D eigenvalue weighted by Gasteiger charge is -2.15. The average molecular weight is 273 g/mol. The molecule has 1 aliphatic rings. The molecule has 106 valence electrons. The van der Waals surface area contributed by atoms with E-state index in [0.29, 0.717) is 5.92 Å². The van der Waals surface area contributed by atoms with Gasteiger partial charge in [0.1, 0.15) is 5.65 Å². The van der Waals surface area contributed by atoms with E-state index < -0.39 is 5.97 Å². The Kier molecular flexibility index (Phi) is 3.69. The van der Waals surface area contributed by atoms with Crippen molar-refractivity contribution in [2.24, 2.45) is 5.92 Å². The lowest BCUT2D eigenvalue weighted by molar-refractivity contribution is -0.137. The van der Waals surface area contributed by atoms with Gasteiger partial charge in [-0.25, -0.2) is 4.98 Å². The summed E-state index contributed by atoms with van der Waals surface area (Å²) in [5.74, 6) is -0.166. The topological polar surface area (TPSA) is 69.2 Å². The zero-order chi connectivity index (χ0) is 13.9. The van der Waals surface area contributed by atoms with Crippen LogP contribution in [0.25, 0.3) is 11.0 Å². The zero-order valence-electron chi connectivity index (χ0n) is 11.4. The number of rotatable bonds is 5. The van der Waals surface area contributed by atoms with Crippen molar-refractivity contribution >= 4 is 17.0 Å². The SMILES string of the molecule is O=C(O)CCC1CCN(Cc2c[nH]c3ncccc23)C1. The number of nitrogens with zero attached hydrogens (tertiary/aromatic N) is 2. The molecule has 0 radical (unpaired) electrons. The fraction of sp³-hybridized carbons (Fsp3) is 0.467. The Balaban J connectivity index is 1.60. The molecular formula is C15H19N3O2. The smallest absolute Gasteiger partial charge is 0.303 e. The van der Waals surface area contributed by atoms with Gasteiger partial charge < -0.3 is 10.1 Å². The largest absolute Gasteiger partial charge is 0.481 e. The Morgan fingerprint density at radius 3 is 3.30 bits per heavy atom. The quantitative estimate of drug-likeness (QED) is 0.876. The second kappa shape index (κ2) is 5.63. The predicted molar refractivity (Wildman–Crippen MR) is 76.3 cm³/mol. The maximum Gasteiger partial charge on any atom is 0.303 e. The number of H-pyrrole nitrogens is 1. The Morgan fingerprint density at radius 1 is 1.55 bits per heavy atom. The third-order valence-electron chi connectivity index (χ3n) is 4.07. The molecule has 5 nitrogen and oxygen atoms in total. The number of carboxylic acids is 1. The van der Waals surface area contributed by atoms with Crippen LogP contribution in [0.5, 0.6) is 0 Å². The first-order valence-corrected chi connectivity index (χ1v) is 7.07. The maximum atomic E-state index is 10.6. The van der Waals surface area contributed by atoms with Crippen molar-refractivity contribution < 1.29 is 9.90 Å². The summed E-state index contributed by atoms with van der Waals surface area (Å²) in [6.07, 6.45) is 6.01. The molecule has 2 N–H and O–H groups in total. The van der Waals surface area contributed by atoms with E-state index in [9.17, 15) is 4.79 Å². The Morgan fingerprint density at radius 2 is 2.45 bits per heavy atom. The highest BCUT2D eigenvalue weighted by Crippen LogP contribution is 2.24. The number of aliphatic carboxylic acids is 1. The number of hydrogen-bond acceptors (Lipinski definition) is 3. The minimum absolute atomic E-state index is 0.287. The van der Waals surface area contributed by atoms with Gasteiger partial charge >= 0.3 is 5.97 Å². The van der Waals surface area contributed by atoms with Crippen LogP contribution >= 0.6 is 0 Å². The van der Waals surface area contributed by atoms with Crippen molar-refractivity contribution in [1.29, 1.82) is 0 Å². The van der Waals surface area contributed by atoms with Crippen LogP contribution in [0.4, 0.5) is 0 Å². The summed E-state index contributed by atoms with van der Waals surface area (Å²) in [4.78, 5) is 20.5. The molecule has 3 heterocycles. The molecule has 3 rings (SSSR count). The third kappa shape index (κ3) is 2.82. The van der Waals surface area contributed by atoms with E-state index in [1.54, 1.807) is 6.20 Å². The monoisotopic (exact) mass is 273 g/mol. The molecule has 0 aliphatic carbocycles. The highest BCUT2D eigenvalue weighted by molar-refractivity contribution is 5.79. The van der Waals surface area contributed by atoms with Crippen LogP contribution in [0.15, 0.2) is 24.5 Å². The van der Waals surface area contributed by atoms with Gasteiger partial charge in [0, 0.05) is 37.3 Å². The molecule has 1 aliphatic heterocycles. The van der Waals surface area contributed by atoms with Crippen LogP contribution in [0.3, 0.4) is 0 Å². The van der Waals surface area contributed by atoms with E-state index in [-0.39, 0.29) is 6.42 Å². The molecule has 1 unspecified atom stereocenters. The molecule has 0 spiro atoms. The summed E-state index contributed by atoms with van der Waals surface area (Å²) in [7, 11) is 0. The number of aromatic amines is 1. The van der Waals surface area contributed by atoms with E-state index in [1.165, 1.54) is 10.9 Å². The average Bonchev–Trinajstić information content (AvgIpc) is 3.05. The van der Waals surface area contributed by atoms with Gasteiger partial charge in [-0.05, 0) is 43.0 Å². The zero-order valence-corrected chi connectivity index (χ0v) is 11.4. The lowest BCUT2D eigenvalue weighted by atomic mass is 10.0. The fourth-order valence-corrected chi connectivity index (χ4v) is 3.00. The molecule has 1 atom stereocenters. The first-order chi connectivity index (χ1) is 9.72. The standard InChI is InChI=1S/C15H19N3O2/c19-14(20)4-3-11-5-7-18(9-11)10-12-8-17-15-13(12)2-1-6-16-15/h1-2,6,8,11H,3-5,7,9-10H2,(H,16,17)(H,19,20). The van der Waals surface area contributed by atoms with E-state index >= 15 is 0 Å². The highest BCUT2D eigenvalue weighted by atomic mass is 16.4. The van der Waals surface area contributed by atoms with Crippen molar-refractivity contribution in [2.45, 2.75) is 25.8 Å². The molecule has 2 aromatic rings. The number of carboxylic acid groups (broad SMARTS) is 1. The minimum atomic E-state index is -0.689. The van der Waals surface area contributed by atoms with Crippen molar-refractivity contribution in [2.75, 3.05) is 13.1 Å². The molecule has 0 amide bonds. The Bertz CT molecular complexity index is 608. The number of hydrogen-bond donors (Lipinski definition) is 2. The number of carbonyl (C=O) groups is 1. The van der Waals surface area contributed by atoms with Crippen molar-refractivity contribution in [3.8, 4) is 0 Å². The van der Waals surface area contributed by atoms with Crippen molar-refractivity contribution in [1.82, 2.24) is 14.9 Å². The van der Waals surface area contributed by atoms with Gasteiger partial charge in [0.25, 0.3) is 0 Å². The second-order valence-electron chi connectivity index (χ2n) is 5.54. The normalized spacial score (nSPS) is 19.7. The minimum Gasteiger partial charge on any atom is -0.481 e. The van der Waals surface area contributed by atoms with Crippen LogP contribution in [0.1, 0.15) is 24.8 Å². The number of pyridine rings is 1. The van der Waals surface area contributed by atoms with Gasteiger partial charge in [-0.3, -0.25) is 9.69 Å². The molecule has 1 fully saturated rings. The van der Waals surface area contributed by atoms with E-state index in [0.717, 1.165) is 38.1 Å². The van der Waals surface area contributed by atoms with Crippen LogP contribution < -0.4 is 0 Å². The number of likely N-dealkylation sites (tertiary alicyclic amines) is 1. The molecular weight excluding hydrogens is 254 g/mol. The van der Waals surface area contributed by atoms with E-state index in [2.05, 4.69) is 20.9 Å². The first kappa shape index (κ1) is 13.1. The first-order valence-electron chi connectivity index (χ1n) is 7.07. The number of aromatic nitrogens is 2. The van der Waals surface area contributed by atoms with Gasteiger partial charge in [-0.15, -0.1) is 0 Å². The van der Waals surface area contributed by atoms with Gasteiger partial charge in [0.15, 0.2) is 0 Å². The van der Waals surface area contributed by atoms with Gasteiger partial charge in [-0.1, -0.05) is 0 Å².